The minimum Gasteiger partial charge on any atom is -0.386 e. The van der Waals surface area contributed by atoms with E-state index in [9.17, 15) is 9.90 Å². The number of hydrogen-bond acceptors (Lipinski definition) is 2. The molecule has 1 rings (SSSR count). The quantitative estimate of drug-likeness (QED) is 0.800. The summed E-state index contributed by atoms with van der Waals surface area (Å²) in [5.41, 5.74) is 0.575. The summed E-state index contributed by atoms with van der Waals surface area (Å²) in [5, 5.41) is 9.73. The molecule has 1 aromatic carbocycles. The van der Waals surface area contributed by atoms with Crippen LogP contribution in [0.5, 0.6) is 0 Å². The van der Waals surface area contributed by atoms with Crippen LogP contribution in [0.25, 0.3) is 0 Å². The minimum absolute atomic E-state index is 0.0303. The van der Waals surface area contributed by atoms with Crippen molar-refractivity contribution < 1.29 is 9.90 Å². The Kier molecular flexibility index (Phi) is 3.15. The molecule has 0 atom stereocenters. The Bertz CT molecular complexity index is 347. The highest BCUT2D eigenvalue weighted by Gasteiger charge is 2.16. The number of carbonyl (C=O) groups is 1. The van der Waals surface area contributed by atoms with Crippen molar-refractivity contribution in [3.05, 3.63) is 35.4 Å². The van der Waals surface area contributed by atoms with Gasteiger partial charge in [-0.3, -0.25) is 4.79 Å². The van der Waals surface area contributed by atoms with E-state index in [0.717, 1.165) is 5.56 Å². The molecule has 82 valence electrons. The lowest BCUT2D eigenvalue weighted by atomic mass is 9.97. The average Bonchev–Trinajstić information content (AvgIpc) is 2.15. The predicted molar refractivity (Wildman–Crippen MR) is 59.7 cm³/mol. The molecule has 1 N–H and O–H groups in total. The van der Waals surface area contributed by atoms with E-state index in [2.05, 4.69) is 0 Å². The Morgan fingerprint density at radius 3 is 2.00 bits per heavy atom. The van der Waals surface area contributed by atoms with E-state index in [1.165, 1.54) is 4.90 Å². The molecule has 0 heterocycles. The largest absolute Gasteiger partial charge is 0.386 e. The summed E-state index contributed by atoms with van der Waals surface area (Å²) in [6, 6.07) is 7.01. The van der Waals surface area contributed by atoms with E-state index in [-0.39, 0.29) is 5.91 Å². The Hall–Kier alpha value is -1.35. The van der Waals surface area contributed by atoms with Gasteiger partial charge in [0.1, 0.15) is 0 Å². The maximum atomic E-state index is 11.6. The van der Waals surface area contributed by atoms with Gasteiger partial charge in [0.2, 0.25) is 0 Å². The van der Waals surface area contributed by atoms with Crippen molar-refractivity contribution in [1.29, 1.82) is 0 Å². The van der Waals surface area contributed by atoms with Crippen LogP contribution < -0.4 is 0 Å². The molecule has 1 aromatic rings. The summed E-state index contributed by atoms with van der Waals surface area (Å²) < 4.78 is 0. The third-order valence-electron chi connectivity index (χ3n) is 2.24. The van der Waals surface area contributed by atoms with Crippen LogP contribution >= 0.6 is 0 Å². The molecule has 0 fully saturated rings. The molecule has 3 heteroatoms. The van der Waals surface area contributed by atoms with Gasteiger partial charge in [-0.1, -0.05) is 12.1 Å². The second-order valence-corrected chi connectivity index (χ2v) is 4.34. The Balaban J connectivity index is 2.96. The first-order chi connectivity index (χ1) is 6.82. The minimum atomic E-state index is -0.861. The van der Waals surface area contributed by atoms with E-state index in [0.29, 0.717) is 5.56 Å². The molecule has 0 bridgehead atoms. The molecular weight excluding hydrogens is 190 g/mol. The lowest BCUT2D eigenvalue weighted by molar-refractivity contribution is 0.0779. The standard InChI is InChI=1S/C12H17NO2/c1-12(2,15)10-7-5-9(6-8-10)11(14)13(3)4/h5-8,15H,1-4H3. The van der Waals surface area contributed by atoms with Crippen LogP contribution in [0.15, 0.2) is 24.3 Å². The van der Waals surface area contributed by atoms with Crippen molar-refractivity contribution in [2.75, 3.05) is 14.1 Å². The smallest absolute Gasteiger partial charge is 0.253 e. The first-order valence-electron chi connectivity index (χ1n) is 4.87. The fraction of sp³-hybridized carbons (Fsp3) is 0.417. The first-order valence-corrected chi connectivity index (χ1v) is 4.87. The van der Waals surface area contributed by atoms with Gasteiger partial charge in [-0.25, -0.2) is 0 Å². The summed E-state index contributed by atoms with van der Waals surface area (Å²) in [6.07, 6.45) is 0. The summed E-state index contributed by atoms with van der Waals surface area (Å²) in [5.74, 6) is -0.0303. The highest BCUT2D eigenvalue weighted by molar-refractivity contribution is 5.93. The summed E-state index contributed by atoms with van der Waals surface area (Å²) >= 11 is 0. The zero-order chi connectivity index (χ0) is 11.6. The molecule has 15 heavy (non-hydrogen) atoms. The van der Waals surface area contributed by atoms with Crippen molar-refractivity contribution in [3.8, 4) is 0 Å². The summed E-state index contributed by atoms with van der Waals surface area (Å²) in [6.45, 7) is 3.44. The number of aliphatic hydroxyl groups is 1. The van der Waals surface area contributed by atoms with Gasteiger partial charge in [0, 0.05) is 19.7 Å². The van der Waals surface area contributed by atoms with Gasteiger partial charge in [0.25, 0.3) is 5.91 Å². The number of nitrogens with zero attached hydrogens (tertiary/aromatic N) is 1. The number of amides is 1. The highest BCUT2D eigenvalue weighted by Crippen LogP contribution is 2.19. The zero-order valence-corrected chi connectivity index (χ0v) is 9.61. The molecule has 0 aliphatic rings. The van der Waals surface area contributed by atoms with E-state index < -0.39 is 5.60 Å². The highest BCUT2D eigenvalue weighted by atomic mass is 16.3. The SMILES string of the molecule is CN(C)C(=O)c1ccc(C(C)(C)O)cc1. The average molecular weight is 207 g/mol. The van der Waals surface area contributed by atoms with Crippen LogP contribution in [0.2, 0.25) is 0 Å². The third kappa shape index (κ3) is 2.80. The van der Waals surface area contributed by atoms with E-state index in [1.807, 2.05) is 0 Å². The number of rotatable bonds is 2. The Morgan fingerprint density at radius 1 is 1.20 bits per heavy atom. The van der Waals surface area contributed by atoms with E-state index in [1.54, 1.807) is 52.2 Å². The Labute approximate surface area is 90.3 Å². The van der Waals surface area contributed by atoms with Gasteiger partial charge >= 0.3 is 0 Å². The molecule has 0 aromatic heterocycles. The van der Waals surface area contributed by atoms with Crippen LogP contribution in [0, 0.1) is 0 Å². The number of benzene rings is 1. The maximum absolute atomic E-state index is 11.6. The fourth-order valence-electron chi connectivity index (χ4n) is 1.28. The molecule has 0 saturated carbocycles. The summed E-state index contributed by atoms with van der Waals surface area (Å²) in [7, 11) is 3.43. The van der Waals surface area contributed by atoms with Crippen molar-refractivity contribution in [3.63, 3.8) is 0 Å². The number of hydrogen-bond donors (Lipinski definition) is 1. The van der Waals surface area contributed by atoms with Crippen LogP contribution in [0.1, 0.15) is 29.8 Å². The second-order valence-electron chi connectivity index (χ2n) is 4.34. The predicted octanol–water partition coefficient (Wildman–Crippen LogP) is 1.62. The van der Waals surface area contributed by atoms with Crippen molar-refractivity contribution in [2.45, 2.75) is 19.4 Å². The molecule has 0 unspecified atom stereocenters. The second kappa shape index (κ2) is 4.03. The summed E-state index contributed by atoms with van der Waals surface area (Å²) in [4.78, 5) is 13.1. The molecule has 0 aliphatic carbocycles. The lowest BCUT2D eigenvalue weighted by Crippen LogP contribution is -2.22. The van der Waals surface area contributed by atoms with Gasteiger partial charge in [-0.15, -0.1) is 0 Å². The van der Waals surface area contributed by atoms with Gasteiger partial charge < -0.3 is 10.0 Å². The molecule has 0 aliphatic heterocycles. The van der Waals surface area contributed by atoms with Crippen molar-refractivity contribution in [2.24, 2.45) is 0 Å². The monoisotopic (exact) mass is 207 g/mol. The lowest BCUT2D eigenvalue weighted by Gasteiger charge is -2.18. The number of carbonyl (C=O) groups excluding carboxylic acids is 1. The molecule has 0 radical (unpaired) electrons. The molecule has 3 nitrogen and oxygen atoms in total. The van der Waals surface area contributed by atoms with Crippen LogP contribution in [0.4, 0.5) is 0 Å². The fourth-order valence-corrected chi connectivity index (χ4v) is 1.28. The van der Waals surface area contributed by atoms with E-state index >= 15 is 0 Å². The van der Waals surface area contributed by atoms with Gasteiger partial charge in [0.05, 0.1) is 5.60 Å². The first kappa shape index (κ1) is 11.7. The molecule has 1 amide bonds. The Morgan fingerprint density at radius 2 is 1.67 bits per heavy atom. The normalized spacial score (nSPS) is 11.3. The van der Waals surface area contributed by atoms with Crippen LogP contribution in [0.3, 0.4) is 0 Å². The topological polar surface area (TPSA) is 40.5 Å². The van der Waals surface area contributed by atoms with Crippen molar-refractivity contribution >= 4 is 5.91 Å². The molecular formula is C12H17NO2. The van der Waals surface area contributed by atoms with Crippen LogP contribution in [-0.2, 0) is 5.60 Å². The van der Waals surface area contributed by atoms with Crippen molar-refractivity contribution in [1.82, 2.24) is 4.90 Å². The van der Waals surface area contributed by atoms with Gasteiger partial charge in [-0.2, -0.15) is 0 Å². The molecule has 0 spiro atoms. The van der Waals surface area contributed by atoms with E-state index in [4.69, 9.17) is 0 Å². The third-order valence-corrected chi connectivity index (χ3v) is 2.24. The van der Waals surface area contributed by atoms with Crippen LogP contribution in [-0.4, -0.2) is 30.0 Å². The van der Waals surface area contributed by atoms with Gasteiger partial charge in [-0.05, 0) is 31.5 Å². The molecule has 0 saturated heterocycles. The van der Waals surface area contributed by atoms with Gasteiger partial charge in [0.15, 0.2) is 0 Å². The maximum Gasteiger partial charge on any atom is 0.253 e. The zero-order valence-electron chi connectivity index (χ0n) is 9.61.